The number of carbonyl (C=O) groups is 1. The summed E-state index contributed by atoms with van der Waals surface area (Å²) < 4.78 is 0. The molecule has 0 saturated carbocycles. The van der Waals surface area contributed by atoms with E-state index in [1.807, 2.05) is 17.9 Å². The van der Waals surface area contributed by atoms with Gasteiger partial charge in [0.1, 0.15) is 0 Å². The van der Waals surface area contributed by atoms with Crippen LogP contribution in [0.2, 0.25) is 0 Å². The number of nitrogens with zero attached hydrogens (tertiary/aromatic N) is 1. The van der Waals surface area contributed by atoms with Crippen molar-refractivity contribution in [1.29, 1.82) is 0 Å². The Morgan fingerprint density at radius 3 is 2.10 bits per heavy atom. The Balaban J connectivity index is 3.34. The zero-order valence-electron chi connectivity index (χ0n) is 14.0. The van der Waals surface area contributed by atoms with E-state index in [2.05, 4.69) is 53.7 Å². The molecule has 1 aromatic rings. The third kappa shape index (κ3) is 3.41. The molecule has 1 aromatic carbocycles. The molecule has 0 radical (unpaired) electrons. The fraction of sp³-hybridized carbons (Fsp3) is 0.611. The summed E-state index contributed by atoms with van der Waals surface area (Å²) in [6.07, 6.45) is 1.05. The Kier molecular flexibility index (Phi) is 5.79. The van der Waals surface area contributed by atoms with Crippen molar-refractivity contribution in [3.63, 3.8) is 0 Å². The predicted octanol–water partition coefficient (Wildman–Crippen LogP) is 4.77. The van der Waals surface area contributed by atoms with E-state index >= 15 is 0 Å². The maximum Gasteiger partial charge on any atom is 0.254 e. The molecule has 0 aliphatic rings. The van der Waals surface area contributed by atoms with Crippen molar-refractivity contribution in [2.45, 2.75) is 72.9 Å². The molecule has 2 heteroatoms. The monoisotopic (exact) mass is 275 g/mol. The van der Waals surface area contributed by atoms with Gasteiger partial charge in [0, 0.05) is 17.6 Å². The normalized spacial score (nSPS) is 12.8. The minimum absolute atomic E-state index is 0.170. The molecule has 1 amide bonds. The van der Waals surface area contributed by atoms with Crippen molar-refractivity contribution in [1.82, 2.24) is 4.90 Å². The Hall–Kier alpha value is -1.31. The molecule has 0 N–H and O–H groups in total. The first-order chi connectivity index (χ1) is 9.31. The Bertz CT molecular complexity index is 454. The molecule has 0 aromatic heterocycles. The van der Waals surface area contributed by atoms with Crippen LogP contribution in [0.15, 0.2) is 18.2 Å². The third-order valence-corrected chi connectivity index (χ3v) is 4.01. The molecule has 0 bridgehead atoms. The lowest BCUT2D eigenvalue weighted by Crippen LogP contribution is -2.42. The minimum Gasteiger partial charge on any atom is -0.334 e. The molecular weight excluding hydrogens is 246 g/mol. The van der Waals surface area contributed by atoms with E-state index in [1.165, 1.54) is 5.56 Å². The third-order valence-electron chi connectivity index (χ3n) is 4.01. The molecule has 1 rings (SSSR count). The van der Waals surface area contributed by atoms with Gasteiger partial charge in [-0.25, -0.2) is 0 Å². The van der Waals surface area contributed by atoms with Crippen molar-refractivity contribution < 1.29 is 4.79 Å². The first-order valence-electron chi connectivity index (χ1n) is 7.73. The minimum atomic E-state index is 0.170. The molecule has 112 valence electrons. The smallest absolute Gasteiger partial charge is 0.254 e. The van der Waals surface area contributed by atoms with E-state index in [1.54, 1.807) is 0 Å². The number of hydrogen-bond donors (Lipinski definition) is 0. The topological polar surface area (TPSA) is 20.3 Å². The molecule has 1 atom stereocenters. The van der Waals surface area contributed by atoms with Gasteiger partial charge < -0.3 is 4.90 Å². The summed E-state index contributed by atoms with van der Waals surface area (Å²) in [6.45, 7) is 14.7. The van der Waals surface area contributed by atoms with Gasteiger partial charge in [0.05, 0.1) is 0 Å². The van der Waals surface area contributed by atoms with Gasteiger partial charge in [0.25, 0.3) is 5.91 Å². The maximum absolute atomic E-state index is 13.0. The largest absolute Gasteiger partial charge is 0.334 e. The molecule has 0 fully saturated rings. The first kappa shape index (κ1) is 16.7. The summed E-state index contributed by atoms with van der Waals surface area (Å²) >= 11 is 0. The van der Waals surface area contributed by atoms with E-state index in [0.29, 0.717) is 5.92 Å². The second-order valence-electron chi connectivity index (χ2n) is 6.25. The van der Waals surface area contributed by atoms with Crippen LogP contribution in [0.1, 0.15) is 75.4 Å². The highest BCUT2D eigenvalue weighted by Crippen LogP contribution is 2.27. The molecule has 0 aliphatic heterocycles. The molecule has 0 heterocycles. The van der Waals surface area contributed by atoms with Gasteiger partial charge in [-0.3, -0.25) is 4.79 Å². The number of rotatable bonds is 5. The van der Waals surface area contributed by atoms with Crippen LogP contribution in [0.25, 0.3) is 0 Å². The molecule has 0 aliphatic carbocycles. The van der Waals surface area contributed by atoms with Crippen LogP contribution in [-0.4, -0.2) is 22.9 Å². The van der Waals surface area contributed by atoms with Gasteiger partial charge in [-0.2, -0.15) is 0 Å². The van der Waals surface area contributed by atoms with Crippen LogP contribution >= 0.6 is 0 Å². The number of amides is 1. The Morgan fingerprint density at radius 2 is 1.65 bits per heavy atom. The Labute approximate surface area is 124 Å². The maximum atomic E-state index is 13.0. The lowest BCUT2D eigenvalue weighted by atomic mass is 9.90. The molecule has 0 unspecified atom stereocenters. The highest BCUT2D eigenvalue weighted by molar-refractivity contribution is 5.97. The summed E-state index contributed by atoms with van der Waals surface area (Å²) in [4.78, 5) is 15.0. The number of hydrogen-bond acceptors (Lipinski definition) is 1. The van der Waals surface area contributed by atoms with Crippen LogP contribution < -0.4 is 0 Å². The van der Waals surface area contributed by atoms with E-state index < -0.39 is 0 Å². The lowest BCUT2D eigenvalue weighted by Gasteiger charge is -2.32. The summed E-state index contributed by atoms with van der Waals surface area (Å²) in [5.74, 6) is 0.582. The lowest BCUT2D eigenvalue weighted by molar-refractivity contribution is 0.0641. The standard InChI is InChI=1S/C18H29NO/c1-8-14(6)16-11-9-10-15(7)17(16)18(20)19(12(2)3)13(4)5/h9-14H,8H2,1-7H3/t14-/m0/s1. The molecule has 2 nitrogen and oxygen atoms in total. The SMILES string of the molecule is CC[C@H](C)c1cccc(C)c1C(=O)N(C(C)C)C(C)C. The van der Waals surface area contributed by atoms with Gasteiger partial charge >= 0.3 is 0 Å². The van der Waals surface area contributed by atoms with Gasteiger partial charge in [-0.15, -0.1) is 0 Å². The van der Waals surface area contributed by atoms with E-state index in [-0.39, 0.29) is 18.0 Å². The summed E-state index contributed by atoms with van der Waals surface area (Å²) in [5.41, 5.74) is 3.17. The molecular formula is C18H29NO. The van der Waals surface area contributed by atoms with Crippen LogP contribution in [-0.2, 0) is 0 Å². The Morgan fingerprint density at radius 1 is 1.10 bits per heavy atom. The fourth-order valence-corrected chi connectivity index (χ4v) is 2.81. The van der Waals surface area contributed by atoms with Gasteiger partial charge in [-0.05, 0) is 58.1 Å². The van der Waals surface area contributed by atoms with Crippen molar-refractivity contribution in [3.05, 3.63) is 34.9 Å². The first-order valence-corrected chi connectivity index (χ1v) is 7.73. The molecule has 0 saturated heterocycles. The second kappa shape index (κ2) is 6.92. The van der Waals surface area contributed by atoms with E-state index in [9.17, 15) is 4.79 Å². The van der Waals surface area contributed by atoms with Gasteiger partial charge in [0.15, 0.2) is 0 Å². The van der Waals surface area contributed by atoms with Crippen molar-refractivity contribution in [2.24, 2.45) is 0 Å². The zero-order chi connectivity index (χ0) is 15.4. The van der Waals surface area contributed by atoms with Crippen LogP contribution in [0.5, 0.6) is 0 Å². The van der Waals surface area contributed by atoms with Crippen LogP contribution in [0, 0.1) is 6.92 Å². The summed E-state index contributed by atoms with van der Waals surface area (Å²) in [7, 11) is 0. The zero-order valence-corrected chi connectivity index (χ0v) is 14.0. The van der Waals surface area contributed by atoms with Crippen LogP contribution in [0.4, 0.5) is 0 Å². The van der Waals surface area contributed by atoms with Gasteiger partial charge in [-0.1, -0.05) is 32.0 Å². The highest BCUT2D eigenvalue weighted by Gasteiger charge is 2.26. The highest BCUT2D eigenvalue weighted by atomic mass is 16.2. The average molecular weight is 275 g/mol. The van der Waals surface area contributed by atoms with Gasteiger partial charge in [0.2, 0.25) is 0 Å². The van der Waals surface area contributed by atoms with E-state index in [4.69, 9.17) is 0 Å². The molecule has 0 spiro atoms. The summed E-state index contributed by atoms with van der Waals surface area (Å²) in [6, 6.07) is 6.63. The predicted molar refractivity (Wildman–Crippen MR) is 86.3 cm³/mol. The van der Waals surface area contributed by atoms with Crippen molar-refractivity contribution >= 4 is 5.91 Å². The number of carbonyl (C=O) groups excluding carboxylic acids is 1. The van der Waals surface area contributed by atoms with Crippen LogP contribution in [0.3, 0.4) is 0 Å². The van der Waals surface area contributed by atoms with Crippen molar-refractivity contribution in [2.75, 3.05) is 0 Å². The van der Waals surface area contributed by atoms with Crippen molar-refractivity contribution in [3.8, 4) is 0 Å². The van der Waals surface area contributed by atoms with E-state index in [0.717, 1.165) is 17.5 Å². The second-order valence-corrected chi connectivity index (χ2v) is 6.25. The number of aryl methyl sites for hydroxylation is 1. The quantitative estimate of drug-likeness (QED) is 0.758. The fourth-order valence-electron chi connectivity index (χ4n) is 2.81. The molecule has 20 heavy (non-hydrogen) atoms. The number of benzene rings is 1. The average Bonchev–Trinajstić information content (AvgIpc) is 2.36. The summed E-state index contributed by atoms with van der Waals surface area (Å²) in [5, 5.41) is 0.